The number of thiophene rings is 1. The fourth-order valence-electron chi connectivity index (χ4n) is 2.23. The van der Waals surface area contributed by atoms with Crippen LogP contribution in [0.1, 0.15) is 4.88 Å². The van der Waals surface area contributed by atoms with E-state index < -0.39 is 0 Å². The first-order chi connectivity index (χ1) is 9.04. The van der Waals surface area contributed by atoms with E-state index >= 15 is 0 Å². The topological polar surface area (TPSA) is 36.1 Å². The number of pyridine rings is 1. The zero-order chi connectivity index (χ0) is 13.6. The van der Waals surface area contributed by atoms with E-state index in [0.29, 0.717) is 5.39 Å². The second kappa shape index (κ2) is 5.52. The van der Waals surface area contributed by atoms with Crippen LogP contribution in [0.3, 0.4) is 0 Å². The molecule has 0 atom stereocenters. The largest absolute Gasteiger partial charge is 0.313 e. The molecule has 20 heavy (non-hydrogen) atoms. The summed E-state index contributed by atoms with van der Waals surface area (Å²) in [5.41, 5.74) is -0.236. The number of fused-ring (bicyclic) bond motifs is 3. The summed E-state index contributed by atoms with van der Waals surface area (Å²) in [4.78, 5) is 18.9. The molecule has 0 aliphatic rings. The monoisotopic (exact) mass is 312 g/mol. The van der Waals surface area contributed by atoms with Gasteiger partial charge < -0.3 is 9.88 Å². The highest BCUT2D eigenvalue weighted by molar-refractivity contribution is 7.18. The molecule has 3 rings (SSSR count). The summed E-state index contributed by atoms with van der Waals surface area (Å²) in [5, 5.41) is 2.19. The van der Waals surface area contributed by atoms with E-state index in [-0.39, 0.29) is 23.8 Å². The molecule has 1 aromatic carbocycles. The Morgan fingerprint density at radius 2 is 1.95 bits per heavy atom. The number of aromatic nitrogens is 1. The Hall–Kier alpha value is -1.43. The van der Waals surface area contributed by atoms with Crippen molar-refractivity contribution in [2.75, 3.05) is 14.1 Å². The van der Waals surface area contributed by atoms with Gasteiger partial charge in [-0.25, -0.2) is 4.39 Å². The lowest BCUT2D eigenvalue weighted by molar-refractivity contribution is 0.406. The molecular formula is C14H14ClFN2OS. The van der Waals surface area contributed by atoms with Crippen LogP contribution < -0.4 is 5.56 Å². The van der Waals surface area contributed by atoms with Gasteiger partial charge in [0.15, 0.2) is 0 Å². The number of H-pyrrole nitrogens is 1. The predicted octanol–water partition coefficient (Wildman–Crippen LogP) is 3.37. The van der Waals surface area contributed by atoms with Gasteiger partial charge in [-0.2, -0.15) is 0 Å². The van der Waals surface area contributed by atoms with Crippen molar-refractivity contribution >= 4 is 44.7 Å². The molecule has 2 aromatic heterocycles. The van der Waals surface area contributed by atoms with Gasteiger partial charge >= 0.3 is 0 Å². The summed E-state index contributed by atoms with van der Waals surface area (Å²) in [7, 11) is 4.00. The fraction of sp³-hybridized carbons (Fsp3) is 0.214. The molecule has 0 saturated heterocycles. The molecule has 0 spiro atoms. The minimum absolute atomic E-state index is 0. The first-order valence-electron chi connectivity index (χ1n) is 5.93. The van der Waals surface area contributed by atoms with Crippen molar-refractivity contribution in [3.05, 3.63) is 45.3 Å². The number of benzene rings is 1. The first-order valence-corrected chi connectivity index (χ1v) is 6.75. The summed E-state index contributed by atoms with van der Waals surface area (Å²) >= 11 is 1.57. The van der Waals surface area contributed by atoms with Gasteiger partial charge in [0.25, 0.3) is 5.56 Å². The molecule has 0 radical (unpaired) electrons. The summed E-state index contributed by atoms with van der Waals surface area (Å²) in [6.45, 7) is 0.823. The highest BCUT2D eigenvalue weighted by Gasteiger charge is 2.10. The molecule has 2 heterocycles. The van der Waals surface area contributed by atoms with E-state index in [1.807, 2.05) is 14.1 Å². The van der Waals surface area contributed by atoms with Crippen LogP contribution in [0.15, 0.2) is 29.1 Å². The Labute approximate surface area is 125 Å². The van der Waals surface area contributed by atoms with Crippen LogP contribution >= 0.6 is 23.7 Å². The normalized spacial score (nSPS) is 11.2. The molecule has 0 bridgehead atoms. The van der Waals surface area contributed by atoms with E-state index in [1.54, 1.807) is 17.4 Å². The van der Waals surface area contributed by atoms with Gasteiger partial charge in [0.2, 0.25) is 0 Å². The molecule has 106 valence electrons. The highest BCUT2D eigenvalue weighted by Crippen LogP contribution is 2.29. The third kappa shape index (κ3) is 2.57. The second-order valence-electron chi connectivity index (χ2n) is 4.84. The predicted molar refractivity (Wildman–Crippen MR) is 84.5 cm³/mol. The maximum Gasteiger partial charge on any atom is 0.257 e. The maximum absolute atomic E-state index is 13.2. The third-order valence-electron chi connectivity index (χ3n) is 3.00. The van der Waals surface area contributed by atoms with Crippen molar-refractivity contribution in [1.82, 2.24) is 9.88 Å². The van der Waals surface area contributed by atoms with Crippen LogP contribution in [0.4, 0.5) is 4.39 Å². The lowest BCUT2D eigenvalue weighted by Gasteiger charge is -2.05. The van der Waals surface area contributed by atoms with E-state index in [0.717, 1.165) is 22.1 Å². The Bertz CT molecular complexity index is 825. The molecule has 0 unspecified atom stereocenters. The van der Waals surface area contributed by atoms with Gasteiger partial charge in [-0.05, 0) is 37.7 Å². The van der Waals surface area contributed by atoms with Crippen LogP contribution in [0.25, 0.3) is 21.0 Å². The Morgan fingerprint density at radius 3 is 2.65 bits per heavy atom. The standard InChI is InChI=1S/C14H13FN2OS.ClH/c1-17(2)7-9-6-12-10-4-3-8(15)5-11(10)13(18)16-14(12)19-9;/h3-6H,7H2,1-2H3,(H,16,18);1H. The molecule has 0 saturated carbocycles. The molecular weight excluding hydrogens is 299 g/mol. The van der Waals surface area contributed by atoms with Gasteiger partial charge in [0.05, 0.1) is 5.39 Å². The average Bonchev–Trinajstić information content (AvgIpc) is 2.70. The van der Waals surface area contributed by atoms with Crippen LogP contribution in [0.5, 0.6) is 0 Å². The fourth-order valence-corrected chi connectivity index (χ4v) is 3.42. The number of rotatable bonds is 2. The van der Waals surface area contributed by atoms with Crippen LogP contribution in [-0.4, -0.2) is 24.0 Å². The molecule has 3 aromatic rings. The average molecular weight is 313 g/mol. The van der Waals surface area contributed by atoms with Crippen molar-refractivity contribution in [2.45, 2.75) is 6.54 Å². The summed E-state index contributed by atoms with van der Waals surface area (Å²) in [6, 6.07) is 6.42. The van der Waals surface area contributed by atoms with E-state index in [1.165, 1.54) is 17.0 Å². The lowest BCUT2D eigenvalue weighted by Crippen LogP contribution is -2.09. The maximum atomic E-state index is 13.2. The van der Waals surface area contributed by atoms with Crippen molar-refractivity contribution in [3.63, 3.8) is 0 Å². The Morgan fingerprint density at radius 1 is 1.20 bits per heavy atom. The zero-order valence-electron chi connectivity index (χ0n) is 11.1. The summed E-state index contributed by atoms with van der Waals surface area (Å²) in [6.07, 6.45) is 0. The second-order valence-corrected chi connectivity index (χ2v) is 5.97. The van der Waals surface area contributed by atoms with E-state index in [4.69, 9.17) is 0 Å². The number of hydrogen-bond donors (Lipinski definition) is 1. The quantitative estimate of drug-likeness (QED) is 0.787. The van der Waals surface area contributed by atoms with Gasteiger partial charge in [0, 0.05) is 16.8 Å². The van der Waals surface area contributed by atoms with Crippen molar-refractivity contribution in [1.29, 1.82) is 0 Å². The molecule has 0 fully saturated rings. The van der Waals surface area contributed by atoms with E-state index in [9.17, 15) is 9.18 Å². The van der Waals surface area contributed by atoms with Crippen molar-refractivity contribution in [2.24, 2.45) is 0 Å². The minimum Gasteiger partial charge on any atom is -0.313 e. The van der Waals surface area contributed by atoms with Gasteiger partial charge in [-0.15, -0.1) is 23.7 Å². The molecule has 0 aliphatic carbocycles. The molecule has 6 heteroatoms. The SMILES string of the molecule is CN(C)Cc1cc2c([nH]c(=O)c3cc(F)ccc32)s1.Cl. The van der Waals surface area contributed by atoms with Crippen LogP contribution in [-0.2, 0) is 6.54 Å². The Balaban J connectivity index is 0.00000147. The first kappa shape index (κ1) is 15.0. The van der Waals surface area contributed by atoms with Crippen LogP contribution in [0.2, 0.25) is 0 Å². The summed E-state index contributed by atoms with van der Waals surface area (Å²) < 4.78 is 13.2. The van der Waals surface area contributed by atoms with E-state index in [2.05, 4.69) is 16.0 Å². The van der Waals surface area contributed by atoms with Crippen molar-refractivity contribution in [3.8, 4) is 0 Å². The number of nitrogens with one attached hydrogen (secondary N) is 1. The molecule has 0 amide bonds. The smallest absolute Gasteiger partial charge is 0.257 e. The zero-order valence-corrected chi connectivity index (χ0v) is 12.7. The third-order valence-corrected chi connectivity index (χ3v) is 4.03. The Kier molecular flexibility index (Phi) is 4.13. The number of aromatic amines is 1. The van der Waals surface area contributed by atoms with Gasteiger partial charge in [-0.3, -0.25) is 4.79 Å². The number of hydrogen-bond acceptors (Lipinski definition) is 3. The highest BCUT2D eigenvalue weighted by atomic mass is 35.5. The van der Waals surface area contributed by atoms with Crippen molar-refractivity contribution < 1.29 is 4.39 Å². The lowest BCUT2D eigenvalue weighted by atomic mass is 10.1. The molecule has 1 N–H and O–H groups in total. The molecule has 0 aliphatic heterocycles. The molecule has 3 nitrogen and oxygen atoms in total. The minimum atomic E-state index is -0.388. The number of halogens is 2. The van der Waals surface area contributed by atoms with Gasteiger partial charge in [-0.1, -0.05) is 6.07 Å². The summed E-state index contributed by atoms with van der Waals surface area (Å²) in [5.74, 6) is -0.388. The number of nitrogens with zero attached hydrogens (tertiary/aromatic N) is 1. The van der Waals surface area contributed by atoms with Crippen LogP contribution in [0, 0.1) is 5.82 Å². The van der Waals surface area contributed by atoms with Gasteiger partial charge in [0.1, 0.15) is 10.6 Å².